The van der Waals surface area contributed by atoms with E-state index in [1.807, 2.05) is 0 Å². The van der Waals surface area contributed by atoms with Crippen LogP contribution in [0.25, 0.3) is 0 Å². The number of ketones is 1. The van der Waals surface area contributed by atoms with E-state index in [9.17, 15) is 18.8 Å². The van der Waals surface area contributed by atoms with Crippen molar-refractivity contribution >= 4 is 23.3 Å². The van der Waals surface area contributed by atoms with Crippen LogP contribution in [-0.4, -0.2) is 17.6 Å². The molecule has 2 amide bonds. The van der Waals surface area contributed by atoms with Gasteiger partial charge in [0, 0.05) is 35.0 Å². The number of benzene rings is 2. The lowest BCUT2D eigenvalue weighted by atomic mass is 10.1. The number of carbonyl (C=O) groups is 3. The topological polar surface area (TPSA) is 75.3 Å². The van der Waals surface area contributed by atoms with Crippen molar-refractivity contribution in [1.82, 2.24) is 5.32 Å². The number of halogens is 1. The highest BCUT2D eigenvalue weighted by Gasteiger charge is 2.09. The van der Waals surface area contributed by atoms with Crippen molar-refractivity contribution in [2.45, 2.75) is 20.4 Å². The van der Waals surface area contributed by atoms with Gasteiger partial charge >= 0.3 is 0 Å². The molecular formula is C20H19FN2O3. The summed E-state index contributed by atoms with van der Waals surface area (Å²) in [7, 11) is 0. The molecule has 0 aliphatic heterocycles. The minimum absolute atomic E-state index is 0.0326. The zero-order valence-electron chi connectivity index (χ0n) is 14.5. The Labute approximate surface area is 150 Å². The van der Waals surface area contributed by atoms with E-state index in [-0.39, 0.29) is 17.9 Å². The predicted octanol–water partition coefficient (Wildman–Crippen LogP) is 3.23. The summed E-state index contributed by atoms with van der Waals surface area (Å²) in [6.45, 7) is 2.99. The van der Waals surface area contributed by atoms with E-state index in [0.29, 0.717) is 16.8 Å². The monoisotopic (exact) mass is 354 g/mol. The Balaban J connectivity index is 1.92. The molecule has 6 heteroatoms. The third-order valence-electron chi connectivity index (χ3n) is 3.66. The fourth-order valence-corrected chi connectivity index (χ4v) is 2.19. The first-order chi connectivity index (χ1) is 12.4. The van der Waals surface area contributed by atoms with E-state index in [0.717, 1.165) is 6.08 Å². The molecule has 0 fully saturated rings. The first-order valence-electron chi connectivity index (χ1n) is 7.98. The molecule has 0 aliphatic rings. The molecule has 0 spiro atoms. The Morgan fingerprint density at radius 3 is 2.27 bits per heavy atom. The molecule has 2 N–H and O–H groups in total. The van der Waals surface area contributed by atoms with E-state index < -0.39 is 17.6 Å². The molecule has 2 aromatic rings. The number of nitrogens with one attached hydrogen (secondary N) is 2. The van der Waals surface area contributed by atoms with Crippen molar-refractivity contribution in [2.75, 3.05) is 5.32 Å². The van der Waals surface area contributed by atoms with Gasteiger partial charge in [0.05, 0.1) is 0 Å². The van der Waals surface area contributed by atoms with Gasteiger partial charge in [0.15, 0.2) is 5.78 Å². The summed E-state index contributed by atoms with van der Waals surface area (Å²) in [6.07, 6.45) is 1.16. The molecule has 2 rings (SSSR count). The number of hydrogen-bond acceptors (Lipinski definition) is 3. The van der Waals surface area contributed by atoms with Gasteiger partial charge in [0.25, 0.3) is 0 Å². The summed E-state index contributed by atoms with van der Waals surface area (Å²) >= 11 is 0. The lowest BCUT2D eigenvalue weighted by Crippen LogP contribution is -2.25. The minimum atomic E-state index is -0.473. The molecular weight excluding hydrogens is 335 g/mol. The van der Waals surface area contributed by atoms with Gasteiger partial charge in [0.2, 0.25) is 11.8 Å². The van der Waals surface area contributed by atoms with E-state index in [1.165, 1.54) is 19.9 Å². The summed E-state index contributed by atoms with van der Waals surface area (Å²) in [5, 5.41) is 5.17. The normalized spacial score (nSPS) is 11.0. The molecule has 0 aromatic heterocycles. The summed E-state index contributed by atoms with van der Waals surface area (Å²) in [4.78, 5) is 35.2. The van der Waals surface area contributed by atoms with Crippen LogP contribution < -0.4 is 10.6 Å². The predicted molar refractivity (Wildman–Crippen MR) is 97.1 cm³/mol. The Kier molecular flexibility index (Phi) is 6.38. The molecule has 5 nitrogen and oxygen atoms in total. The van der Waals surface area contributed by atoms with Crippen LogP contribution in [0.1, 0.15) is 29.8 Å². The lowest BCUT2D eigenvalue weighted by Gasteiger charge is -2.07. The maximum absolute atomic E-state index is 13.5. The van der Waals surface area contributed by atoms with E-state index in [2.05, 4.69) is 10.6 Å². The number of rotatable bonds is 6. The van der Waals surface area contributed by atoms with Crippen molar-refractivity contribution in [3.8, 4) is 0 Å². The van der Waals surface area contributed by atoms with Gasteiger partial charge in [-0.3, -0.25) is 14.4 Å². The first kappa shape index (κ1) is 19.1. The van der Waals surface area contributed by atoms with Gasteiger partial charge in [-0.15, -0.1) is 0 Å². The van der Waals surface area contributed by atoms with E-state index in [1.54, 1.807) is 42.5 Å². The zero-order valence-corrected chi connectivity index (χ0v) is 14.5. The summed E-state index contributed by atoms with van der Waals surface area (Å²) in [5.41, 5.74) is 1.61. The van der Waals surface area contributed by atoms with Crippen LogP contribution in [0, 0.1) is 5.82 Å². The number of hydrogen-bond donors (Lipinski definition) is 2. The fourth-order valence-electron chi connectivity index (χ4n) is 2.19. The van der Waals surface area contributed by atoms with Crippen LogP contribution in [0.2, 0.25) is 0 Å². The standard InChI is InChI=1S/C20H19FN2O3/c1-13(20(26)22-12-16-5-3-4-6-18(16)21)11-19(25)23-17-9-7-15(8-10-17)14(2)24/h3-11H,12H2,1-2H3,(H,22,26)(H,23,25)/b13-11-. The van der Waals surface area contributed by atoms with Crippen LogP contribution in [0.15, 0.2) is 60.2 Å². The highest BCUT2D eigenvalue weighted by molar-refractivity contribution is 6.06. The second kappa shape index (κ2) is 8.71. The minimum Gasteiger partial charge on any atom is -0.348 e. The number of carbonyl (C=O) groups excluding carboxylic acids is 3. The second-order valence-corrected chi connectivity index (χ2v) is 5.72. The fraction of sp³-hybridized carbons (Fsp3) is 0.150. The molecule has 0 heterocycles. The van der Waals surface area contributed by atoms with Gasteiger partial charge in [-0.2, -0.15) is 0 Å². The molecule has 0 bridgehead atoms. The third kappa shape index (κ3) is 5.37. The molecule has 0 atom stereocenters. The van der Waals surface area contributed by atoms with E-state index in [4.69, 9.17) is 0 Å². The second-order valence-electron chi connectivity index (χ2n) is 5.72. The van der Waals surface area contributed by atoms with Gasteiger partial charge in [-0.25, -0.2) is 4.39 Å². The maximum atomic E-state index is 13.5. The van der Waals surface area contributed by atoms with Crippen molar-refractivity contribution in [3.05, 3.63) is 77.1 Å². The Morgan fingerprint density at radius 2 is 1.65 bits per heavy atom. The Morgan fingerprint density at radius 1 is 1.00 bits per heavy atom. The van der Waals surface area contributed by atoms with Crippen LogP contribution in [-0.2, 0) is 16.1 Å². The van der Waals surface area contributed by atoms with Crippen LogP contribution in [0.3, 0.4) is 0 Å². The molecule has 0 saturated heterocycles. The average molecular weight is 354 g/mol. The van der Waals surface area contributed by atoms with Crippen molar-refractivity contribution in [3.63, 3.8) is 0 Å². The number of Topliss-reactive ketones (excluding diaryl/α,β-unsaturated/α-hetero) is 1. The van der Waals surface area contributed by atoms with Crippen LogP contribution >= 0.6 is 0 Å². The Hall–Kier alpha value is -3.28. The quantitative estimate of drug-likeness (QED) is 0.618. The average Bonchev–Trinajstić information content (AvgIpc) is 2.61. The summed E-state index contributed by atoms with van der Waals surface area (Å²) in [6, 6.07) is 12.6. The molecule has 26 heavy (non-hydrogen) atoms. The first-order valence-corrected chi connectivity index (χ1v) is 7.98. The van der Waals surface area contributed by atoms with Gasteiger partial charge in [-0.1, -0.05) is 18.2 Å². The maximum Gasteiger partial charge on any atom is 0.248 e. The Bertz CT molecular complexity index is 858. The van der Waals surface area contributed by atoms with Gasteiger partial charge < -0.3 is 10.6 Å². The highest BCUT2D eigenvalue weighted by Crippen LogP contribution is 2.10. The van der Waals surface area contributed by atoms with Crippen molar-refractivity contribution in [1.29, 1.82) is 0 Å². The summed E-state index contributed by atoms with van der Waals surface area (Å²) in [5.74, 6) is -1.40. The van der Waals surface area contributed by atoms with Crippen molar-refractivity contribution < 1.29 is 18.8 Å². The molecule has 134 valence electrons. The SMILES string of the molecule is CC(=O)c1ccc(NC(=O)/C=C(/C)C(=O)NCc2ccccc2F)cc1. The molecule has 0 aliphatic carbocycles. The van der Waals surface area contributed by atoms with Crippen LogP contribution in [0.5, 0.6) is 0 Å². The molecule has 2 aromatic carbocycles. The molecule has 0 saturated carbocycles. The van der Waals surface area contributed by atoms with Gasteiger partial charge in [0.1, 0.15) is 5.82 Å². The smallest absolute Gasteiger partial charge is 0.248 e. The zero-order chi connectivity index (χ0) is 19.1. The van der Waals surface area contributed by atoms with Crippen LogP contribution in [0.4, 0.5) is 10.1 Å². The van der Waals surface area contributed by atoms with E-state index >= 15 is 0 Å². The van der Waals surface area contributed by atoms with Gasteiger partial charge in [-0.05, 0) is 44.2 Å². The molecule has 0 radical (unpaired) electrons. The molecule has 0 unspecified atom stereocenters. The van der Waals surface area contributed by atoms with Crippen molar-refractivity contribution in [2.24, 2.45) is 0 Å². The highest BCUT2D eigenvalue weighted by atomic mass is 19.1. The largest absolute Gasteiger partial charge is 0.348 e. The third-order valence-corrected chi connectivity index (χ3v) is 3.66. The number of anilines is 1. The number of amides is 2. The summed E-state index contributed by atoms with van der Waals surface area (Å²) < 4.78 is 13.5. The lowest BCUT2D eigenvalue weighted by molar-refractivity contribution is -0.118.